The average molecular weight is 399 g/mol. The van der Waals surface area contributed by atoms with Crippen molar-refractivity contribution in [3.05, 3.63) is 36.0 Å². The second-order valence-electron chi connectivity index (χ2n) is 10.0. The lowest BCUT2D eigenvalue weighted by atomic mass is 9.45. The van der Waals surface area contributed by atoms with E-state index in [0.717, 1.165) is 44.1 Å². The van der Waals surface area contributed by atoms with Crippen molar-refractivity contribution in [2.24, 2.45) is 28.6 Å². The smallest absolute Gasteiger partial charge is 0.185 e. The molecule has 6 atom stereocenters. The van der Waals surface area contributed by atoms with Crippen molar-refractivity contribution in [3.8, 4) is 0 Å². The van der Waals surface area contributed by atoms with Gasteiger partial charge >= 0.3 is 0 Å². The first-order valence-electron chi connectivity index (χ1n) is 10.9. The molecule has 0 heterocycles. The molecule has 0 aliphatic heterocycles. The van der Waals surface area contributed by atoms with E-state index in [2.05, 4.69) is 27.0 Å². The molecule has 4 aliphatic carbocycles. The summed E-state index contributed by atoms with van der Waals surface area (Å²) in [6, 6.07) is 0. The van der Waals surface area contributed by atoms with E-state index in [9.17, 15) is 9.59 Å². The topological polar surface area (TPSA) is 52.6 Å². The van der Waals surface area contributed by atoms with Gasteiger partial charge in [-0.2, -0.15) is 0 Å². The molecule has 0 aromatic carbocycles. The first kappa shape index (κ1) is 20.7. The van der Waals surface area contributed by atoms with Gasteiger partial charge in [-0.15, -0.1) is 0 Å². The summed E-state index contributed by atoms with van der Waals surface area (Å²) in [6.45, 7) is 14.7. The highest BCUT2D eigenvalue weighted by atomic mass is 16.7. The minimum atomic E-state index is -0.751. The Hall–Kier alpha value is -1.52. The number of hydrogen-bond acceptors (Lipinski definition) is 4. The fraction of sp³-hybridized carbons (Fsp3) is 0.680. The van der Waals surface area contributed by atoms with Crippen molar-refractivity contribution in [1.82, 2.24) is 0 Å². The van der Waals surface area contributed by atoms with Crippen molar-refractivity contribution >= 4 is 11.6 Å². The van der Waals surface area contributed by atoms with Crippen molar-refractivity contribution in [2.75, 3.05) is 13.9 Å². The Morgan fingerprint density at radius 3 is 2.52 bits per heavy atom. The normalized spacial score (nSPS) is 44.1. The first-order chi connectivity index (χ1) is 13.6. The molecule has 0 N–H and O–H groups in total. The van der Waals surface area contributed by atoms with E-state index < -0.39 is 5.60 Å². The highest BCUT2D eigenvalue weighted by Crippen LogP contribution is 2.69. The lowest BCUT2D eigenvalue weighted by Crippen LogP contribution is -2.58. The second-order valence-corrected chi connectivity index (χ2v) is 10.0. The van der Waals surface area contributed by atoms with Crippen LogP contribution in [0.5, 0.6) is 0 Å². The zero-order chi connectivity index (χ0) is 21.2. The van der Waals surface area contributed by atoms with Gasteiger partial charge in [0, 0.05) is 23.5 Å². The number of Topliss-reactive ketones (excluding diaryl/α,β-unsaturated/α-hetero) is 1. The molecular formula is C25H34O4. The van der Waals surface area contributed by atoms with Gasteiger partial charge < -0.3 is 9.47 Å². The van der Waals surface area contributed by atoms with Crippen LogP contribution in [0.2, 0.25) is 0 Å². The van der Waals surface area contributed by atoms with Crippen molar-refractivity contribution in [2.45, 2.75) is 64.9 Å². The van der Waals surface area contributed by atoms with Crippen LogP contribution >= 0.6 is 0 Å². The molecule has 3 saturated carbocycles. The maximum atomic E-state index is 12.9. The largest absolute Gasteiger partial charge is 0.359 e. The van der Waals surface area contributed by atoms with E-state index in [4.69, 9.17) is 9.47 Å². The highest BCUT2D eigenvalue weighted by molar-refractivity contribution is 6.09. The van der Waals surface area contributed by atoms with Crippen molar-refractivity contribution in [3.63, 3.8) is 0 Å². The summed E-state index contributed by atoms with van der Waals surface area (Å²) in [5.74, 6) is 1.51. The first-order valence-corrected chi connectivity index (χ1v) is 10.9. The molecule has 4 heteroatoms. The molecule has 4 aliphatic rings. The summed E-state index contributed by atoms with van der Waals surface area (Å²) >= 11 is 0. The zero-order valence-electron chi connectivity index (χ0n) is 18.3. The fourth-order valence-corrected chi connectivity index (χ4v) is 7.65. The van der Waals surface area contributed by atoms with E-state index in [1.54, 1.807) is 14.0 Å². The van der Waals surface area contributed by atoms with E-state index in [0.29, 0.717) is 23.3 Å². The Balaban J connectivity index is 1.72. The van der Waals surface area contributed by atoms with E-state index >= 15 is 0 Å². The van der Waals surface area contributed by atoms with Gasteiger partial charge in [-0.1, -0.05) is 32.6 Å². The summed E-state index contributed by atoms with van der Waals surface area (Å²) in [5, 5.41) is 0. The third kappa shape index (κ3) is 2.51. The minimum absolute atomic E-state index is 0.0194. The summed E-state index contributed by atoms with van der Waals surface area (Å²) in [5.41, 5.74) is 1.58. The monoisotopic (exact) mass is 398 g/mol. The number of methoxy groups -OCH3 is 1. The Morgan fingerprint density at radius 2 is 1.86 bits per heavy atom. The number of hydrogen-bond donors (Lipinski definition) is 0. The quantitative estimate of drug-likeness (QED) is 0.504. The molecular weight excluding hydrogens is 364 g/mol. The number of fused-ring (bicyclic) bond motifs is 5. The number of carbonyl (C=O) groups is 2. The number of ether oxygens (including phenoxy) is 2. The fourth-order valence-electron chi connectivity index (χ4n) is 7.65. The molecule has 0 bridgehead atoms. The molecule has 29 heavy (non-hydrogen) atoms. The molecule has 4 rings (SSSR count). The molecule has 4 nitrogen and oxygen atoms in total. The number of allylic oxidation sites excluding steroid dienone is 3. The van der Waals surface area contributed by atoms with Crippen molar-refractivity contribution in [1.29, 1.82) is 0 Å². The van der Waals surface area contributed by atoms with Gasteiger partial charge in [-0.05, 0) is 74.9 Å². The summed E-state index contributed by atoms with van der Waals surface area (Å²) < 4.78 is 11.4. The van der Waals surface area contributed by atoms with Gasteiger partial charge in [0.05, 0.1) is 0 Å². The summed E-state index contributed by atoms with van der Waals surface area (Å²) in [7, 11) is 1.61. The zero-order valence-corrected chi connectivity index (χ0v) is 18.3. The van der Waals surface area contributed by atoms with Crippen LogP contribution in [0.25, 0.3) is 0 Å². The average Bonchev–Trinajstić information content (AvgIpc) is 2.99. The van der Waals surface area contributed by atoms with Crippen LogP contribution in [0.3, 0.4) is 0 Å². The molecule has 3 fully saturated rings. The van der Waals surface area contributed by atoms with E-state index in [1.807, 2.05) is 6.08 Å². The van der Waals surface area contributed by atoms with Gasteiger partial charge in [0.25, 0.3) is 0 Å². The lowest BCUT2D eigenvalue weighted by molar-refractivity contribution is -0.199. The van der Waals surface area contributed by atoms with Gasteiger partial charge in [-0.25, -0.2) is 0 Å². The number of rotatable bonds is 4. The van der Waals surface area contributed by atoms with Crippen molar-refractivity contribution < 1.29 is 19.1 Å². The van der Waals surface area contributed by atoms with E-state index in [-0.39, 0.29) is 29.2 Å². The van der Waals surface area contributed by atoms with Crippen LogP contribution in [-0.2, 0) is 19.1 Å². The third-order valence-electron chi connectivity index (χ3n) is 9.30. The Morgan fingerprint density at radius 1 is 1.17 bits per heavy atom. The molecule has 0 aromatic heterocycles. The van der Waals surface area contributed by atoms with Crippen LogP contribution in [-0.4, -0.2) is 31.1 Å². The molecule has 0 saturated heterocycles. The van der Waals surface area contributed by atoms with Gasteiger partial charge in [0.15, 0.2) is 11.6 Å². The number of carbonyl (C=O) groups excluding carboxylic acids is 2. The molecule has 0 unspecified atom stereocenters. The Kier molecular flexibility index (Phi) is 4.83. The highest BCUT2D eigenvalue weighted by Gasteiger charge is 2.67. The Labute approximate surface area is 174 Å². The SMILES string of the molecule is C=C1C(=C)[C@@]2(C)C(=CC1=O)CC[C@@H]1[C@@H]2CC[C@@]2(C)[C@H]1CC[C@]2(OCOC)C(C)=O. The van der Waals surface area contributed by atoms with E-state index in [1.165, 1.54) is 5.57 Å². The predicted octanol–water partition coefficient (Wildman–Crippen LogP) is 4.80. The third-order valence-corrected chi connectivity index (χ3v) is 9.30. The van der Waals surface area contributed by atoms with Gasteiger partial charge in [0.2, 0.25) is 0 Å². The lowest BCUT2D eigenvalue weighted by Gasteiger charge is -2.59. The Bertz CT molecular complexity index is 823. The van der Waals surface area contributed by atoms with Crippen LogP contribution in [0.1, 0.15) is 59.3 Å². The minimum Gasteiger partial charge on any atom is -0.359 e. The molecule has 0 radical (unpaired) electrons. The molecule has 0 amide bonds. The molecule has 158 valence electrons. The number of ketones is 2. The van der Waals surface area contributed by atoms with Crippen LogP contribution < -0.4 is 0 Å². The molecule has 0 aromatic rings. The summed E-state index contributed by atoms with van der Waals surface area (Å²) in [6.07, 6.45) is 7.54. The standard InChI is InChI=1S/C25H34O4/c1-15-16(2)24(5)18(13-22(15)27)7-8-19-20-10-12-25(17(3)26,29-14-28-6)23(20,4)11-9-21(19)24/h13,19-21H,1-2,7-12,14H2,3-6H3/t19-,20-,21-,23-,24-,25-/m0/s1. The molecule has 0 spiro atoms. The van der Waals surface area contributed by atoms with Crippen LogP contribution in [0.15, 0.2) is 36.0 Å². The maximum absolute atomic E-state index is 12.9. The van der Waals surface area contributed by atoms with Crippen LogP contribution in [0.4, 0.5) is 0 Å². The summed E-state index contributed by atoms with van der Waals surface area (Å²) in [4.78, 5) is 25.2. The van der Waals surface area contributed by atoms with Gasteiger partial charge in [-0.3, -0.25) is 9.59 Å². The predicted molar refractivity (Wildman–Crippen MR) is 112 cm³/mol. The van der Waals surface area contributed by atoms with Crippen LogP contribution in [0, 0.1) is 28.6 Å². The second kappa shape index (κ2) is 6.75. The van der Waals surface area contributed by atoms with Gasteiger partial charge in [0.1, 0.15) is 12.4 Å². The maximum Gasteiger partial charge on any atom is 0.185 e.